The number of ether oxygens (including phenoxy) is 2. The van der Waals surface area contributed by atoms with Crippen molar-refractivity contribution in [2.45, 2.75) is 137 Å². The summed E-state index contributed by atoms with van der Waals surface area (Å²) in [6.07, 6.45) is 5.02. The van der Waals surface area contributed by atoms with Gasteiger partial charge in [0.1, 0.15) is 17.7 Å². The number of carbonyl (C=O) groups excluding carboxylic acids is 4. The zero-order valence-corrected chi connectivity index (χ0v) is 29.7. The minimum absolute atomic E-state index is 0. The first-order valence-electron chi connectivity index (χ1n) is 17.3. The molecule has 0 bridgehead atoms. The van der Waals surface area contributed by atoms with Gasteiger partial charge in [0.15, 0.2) is 11.6 Å². The molecule has 1 unspecified atom stereocenters. The first-order chi connectivity index (χ1) is 22.2. The topological polar surface area (TPSA) is 111 Å². The summed E-state index contributed by atoms with van der Waals surface area (Å²) in [6, 6.07) is 16.2. The van der Waals surface area contributed by atoms with Gasteiger partial charge >= 0.3 is 12.2 Å². The van der Waals surface area contributed by atoms with Crippen LogP contribution in [0.5, 0.6) is 0 Å². The largest absolute Gasteiger partial charge is 0.449 e. The number of rotatable bonds is 11. The van der Waals surface area contributed by atoms with E-state index in [1.54, 1.807) is 20.8 Å². The minimum Gasteiger partial charge on any atom is -0.449 e. The molecule has 0 saturated heterocycles. The predicted octanol–water partition coefficient (Wildman–Crippen LogP) is 9.38. The number of Topliss-reactive ketones (excluding diaryl/α,β-unsaturated/α-hetero) is 2. The van der Waals surface area contributed by atoms with E-state index in [4.69, 9.17) is 9.47 Å². The predicted molar refractivity (Wildman–Crippen MR) is 193 cm³/mol. The van der Waals surface area contributed by atoms with E-state index in [-0.39, 0.29) is 37.4 Å². The van der Waals surface area contributed by atoms with E-state index in [0.29, 0.717) is 38.0 Å². The molecule has 48 heavy (non-hydrogen) atoms. The van der Waals surface area contributed by atoms with E-state index in [1.165, 1.54) is 22.3 Å². The summed E-state index contributed by atoms with van der Waals surface area (Å²) in [6.45, 7) is 15.6. The van der Waals surface area contributed by atoms with Gasteiger partial charge in [-0.15, -0.1) is 0 Å². The Bertz CT molecular complexity index is 1320. The van der Waals surface area contributed by atoms with E-state index in [9.17, 15) is 19.2 Å². The van der Waals surface area contributed by atoms with Crippen molar-refractivity contribution in [3.8, 4) is 11.1 Å². The van der Waals surface area contributed by atoms with Crippen LogP contribution >= 0.6 is 0 Å². The summed E-state index contributed by atoms with van der Waals surface area (Å²) in [5, 5.41) is 5.62. The van der Waals surface area contributed by atoms with E-state index >= 15 is 0 Å². The average Bonchev–Trinajstić information content (AvgIpc) is 3.31. The number of hydrogen-bond donors (Lipinski definition) is 2. The van der Waals surface area contributed by atoms with Crippen molar-refractivity contribution in [2.75, 3.05) is 6.61 Å². The Kier molecular flexibility index (Phi) is 15.3. The lowest BCUT2D eigenvalue weighted by Crippen LogP contribution is -2.56. The van der Waals surface area contributed by atoms with Crippen LogP contribution in [0.4, 0.5) is 9.59 Å². The summed E-state index contributed by atoms with van der Waals surface area (Å²) >= 11 is 0. The molecular formula is C40H60N2O6. The van der Waals surface area contributed by atoms with Gasteiger partial charge in [-0.25, -0.2) is 9.59 Å². The van der Waals surface area contributed by atoms with Crippen molar-refractivity contribution in [3.63, 3.8) is 0 Å². The van der Waals surface area contributed by atoms with Gasteiger partial charge in [-0.2, -0.15) is 0 Å². The van der Waals surface area contributed by atoms with Gasteiger partial charge in [-0.3, -0.25) is 9.59 Å². The lowest BCUT2D eigenvalue weighted by atomic mass is 9.76. The van der Waals surface area contributed by atoms with E-state index < -0.39 is 29.4 Å². The first kappa shape index (κ1) is 40.5. The number of alkyl carbamates (subject to hydrolysis) is 2. The highest BCUT2D eigenvalue weighted by Crippen LogP contribution is 2.44. The third kappa shape index (κ3) is 11.5. The molecule has 2 N–H and O–H groups in total. The standard InChI is InChI=1S/C26H31NO3.C13H25NO3.CH4/c1-18(2)16-24(28)26(14-8-3-9-15-26)27-25(29)30-17-23-21-12-6-4-10-19(21)20-11-5-7-13-22(20)23;1-7-10(11(15)8-9(2)3)14-12(16)17-13(4,5)6;/h4-7,10-13,18,23H,3,8-9,14-17H2,1-2H3,(H,27,29);9-10H,7-8H2,1-6H3,(H,14,16);1H4. The number of amides is 2. The Morgan fingerprint density at radius 1 is 0.812 bits per heavy atom. The van der Waals surface area contributed by atoms with Crippen LogP contribution < -0.4 is 10.6 Å². The Morgan fingerprint density at radius 2 is 1.33 bits per heavy atom. The second-order valence-corrected chi connectivity index (χ2v) is 14.8. The molecule has 2 aromatic carbocycles. The van der Waals surface area contributed by atoms with Gasteiger partial charge in [0.25, 0.3) is 0 Å². The third-order valence-electron chi connectivity index (χ3n) is 8.62. The summed E-state index contributed by atoms with van der Waals surface area (Å²) in [7, 11) is 0. The fourth-order valence-electron chi connectivity index (χ4n) is 6.43. The second kappa shape index (κ2) is 18.2. The molecule has 8 nitrogen and oxygen atoms in total. The zero-order valence-electron chi connectivity index (χ0n) is 29.7. The monoisotopic (exact) mass is 664 g/mol. The Morgan fingerprint density at radius 3 is 1.81 bits per heavy atom. The number of nitrogens with one attached hydrogen (secondary N) is 2. The van der Waals surface area contributed by atoms with Crippen molar-refractivity contribution >= 4 is 23.8 Å². The van der Waals surface area contributed by atoms with Gasteiger partial charge < -0.3 is 20.1 Å². The van der Waals surface area contributed by atoms with Gasteiger partial charge in [0.2, 0.25) is 0 Å². The molecule has 2 amide bonds. The highest BCUT2D eigenvalue weighted by molar-refractivity contribution is 5.92. The van der Waals surface area contributed by atoms with Crippen molar-refractivity contribution in [2.24, 2.45) is 11.8 Å². The van der Waals surface area contributed by atoms with Crippen LogP contribution in [0, 0.1) is 11.8 Å². The molecule has 2 aromatic rings. The molecule has 2 aliphatic carbocycles. The molecule has 2 aliphatic rings. The van der Waals surface area contributed by atoms with Crippen molar-refractivity contribution in [3.05, 3.63) is 59.7 Å². The van der Waals surface area contributed by atoms with E-state index in [2.05, 4.69) is 34.9 Å². The molecule has 1 atom stereocenters. The van der Waals surface area contributed by atoms with Gasteiger partial charge in [-0.05, 0) is 74.1 Å². The fraction of sp³-hybridized carbons (Fsp3) is 0.600. The van der Waals surface area contributed by atoms with Gasteiger partial charge in [0, 0.05) is 18.8 Å². The molecule has 0 radical (unpaired) electrons. The number of hydrogen-bond acceptors (Lipinski definition) is 6. The maximum atomic E-state index is 13.0. The lowest BCUT2D eigenvalue weighted by molar-refractivity contribution is -0.127. The third-order valence-corrected chi connectivity index (χ3v) is 8.62. The molecular weight excluding hydrogens is 604 g/mol. The molecule has 266 valence electrons. The molecule has 0 heterocycles. The highest BCUT2D eigenvalue weighted by atomic mass is 16.6. The fourth-order valence-corrected chi connectivity index (χ4v) is 6.43. The smallest absolute Gasteiger partial charge is 0.408 e. The maximum absolute atomic E-state index is 13.0. The molecule has 4 rings (SSSR count). The quantitative estimate of drug-likeness (QED) is 0.248. The van der Waals surface area contributed by atoms with Crippen LogP contribution in [0.2, 0.25) is 0 Å². The first-order valence-corrected chi connectivity index (χ1v) is 17.3. The van der Waals surface area contributed by atoms with Crippen molar-refractivity contribution in [1.29, 1.82) is 0 Å². The van der Waals surface area contributed by atoms with Gasteiger partial charge in [0.05, 0.1) is 6.04 Å². The number of benzene rings is 2. The summed E-state index contributed by atoms with van der Waals surface area (Å²) in [5.41, 5.74) is 3.50. The Hall–Kier alpha value is -3.68. The van der Waals surface area contributed by atoms with Crippen LogP contribution in [0.15, 0.2) is 48.5 Å². The second-order valence-electron chi connectivity index (χ2n) is 14.8. The molecule has 8 heteroatoms. The number of ketones is 2. The molecule has 0 spiro atoms. The summed E-state index contributed by atoms with van der Waals surface area (Å²) < 4.78 is 10.8. The Labute approximate surface area is 289 Å². The molecule has 0 aliphatic heterocycles. The van der Waals surface area contributed by atoms with E-state index in [1.807, 2.05) is 58.9 Å². The van der Waals surface area contributed by atoms with Crippen LogP contribution in [0.1, 0.15) is 131 Å². The maximum Gasteiger partial charge on any atom is 0.408 e. The lowest BCUT2D eigenvalue weighted by Gasteiger charge is -2.36. The zero-order chi connectivity index (χ0) is 34.8. The minimum atomic E-state index is -0.759. The molecule has 0 aromatic heterocycles. The van der Waals surface area contributed by atoms with Crippen LogP contribution in [-0.4, -0.2) is 47.5 Å². The SMILES string of the molecule is C.CC(C)CC(=O)C1(NC(=O)OCC2c3ccccc3-c3ccccc32)CCCCC1.CCC(NC(=O)OC(C)(C)C)C(=O)CC(C)C. The van der Waals surface area contributed by atoms with Gasteiger partial charge in [-0.1, -0.05) is 110 Å². The molecule has 1 fully saturated rings. The van der Waals surface area contributed by atoms with E-state index in [0.717, 1.165) is 19.3 Å². The average molecular weight is 665 g/mol. The number of carbonyl (C=O) groups is 4. The van der Waals surface area contributed by atoms with Crippen molar-refractivity contribution in [1.82, 2.24) is 10.6 Å². The highest BCUT2D eigenvalue weighted by Gasteiger charge is 2.41. The number of fused-ring (bicyclic) bond motifs is 3. The molecule has 1 saturated carbocycles. The van der Waals surface area contributed by atoms with Crippen LogP contribution in [0.3, 0.4) is 0 Å². The Balaban J connectivity index is 0.000000384. The summed E-state index contributed by atoms with van der Waals surface area (Å²) in [5.74, 6) is 0.813. The summed E-state index contributed by atoms with van der Waals surface area (Å²) in [4.78, 5) is 49.1. The van der Waals surface area contributed by atoms with Crippen LogP contribution in [-0.2, 0) is 19.1 Å². The van der Waals surface area contributed by atoms with Crippen LogP contribution in [0.25, 0.3) is 11.1 Å². The van der Waals surface area contributed by atoms with Crippen molar-refractivity contribution < 1.29 is 28.7 Å². The normalized spacial score (nSPS) is 15.5.